The van der Waals surface area contributed by atoms with E-state index < -0.39 is 11.7 Å². The maximum Gasteiger partial charge on any atom is 0.416 e. The zero-order valence-corrected chi connectivity index (χ0v) is 22.8. The van der Waals surface area contributed by atoms with Crippen LogP contribution in [0.3, 0.4) is 0 Å². The first-order chi connectivity index (χ1) is 18.1. The Morgan fingerprint density at radius 2 is 1.63 bits per heavy atom. The number of hydrogen-bond acceptors (Lipinski definition) is 4. The Morgan fingerprint density at radius 3 is 2.26 bits per heavy atom. The number of aromatic nitrogens is 2. The van der Waals surface area contributed by atoms with E-state index in [0.29, 0.717) is 28.5 Å². The highest BCUT2D eigenvalue weighted by Crippen LogP contribution is 2.34. The minimum absolute atomic E-state index is 0.0252. The third kappa shape index (κ3) is 7.76. The summed E-state index contributed by atoms with van der Waals surface area (Å²) < 4.78 is 40.7. The van der Waals surface area contributed by atoms with Crippen LogP contribution in [0.5, 0.6) is 0 Å². The van der Waals surface area contributed by atoms with E-state index in [4.69, 9.17) is 9.98 Å². The third-order valence-corrected chi connectivity index (χ3v) is 6.66. The number of nitrogens with zero attached hydrogens (tertiary/aromatic N) is 3. The summed E-state index contributed by atoms with van der Waals surface area (Å²) in [6.07, 6.45) is 1.21. The number of benzene rings is 2. The summed E-state index contributed by atoms with van der Waals surface area (Å²) in [6, 6.07) is 17.1. The molecule has 0 aliphatic carbocycles. The summed E-state index contributed by atoms with van der Waals surface area (Å²) in [7, 11) is 0. The number of allylic oxidation sites excluding steroid dienone is 1. The Morgan fingerprint density at radius 1 is 0.947 bits per heavy atom. The molecule has 0 saturated carbocycles. The first kappa shape index (κ1) is 29.1. The molecule has 4 nitrogen and oxygen atoms in total. The molecule has 0 radical (unpaired) electrons. The van der Waals surface area contributed by atoms with Crippen molar-refractivity contribution >= 4 is 22.9 Å². The molecule has 3 rings (SSSR count). The normalized spacial score (nSPS) is 13.9. The summed E-state index contributed by atoms with van der Waals surface area (Å²) in [4.78, 5) is 14.1. The predicted molar refractivity (Wildman–Crippen MR) is 151 cm³/mol. The molecule has 1 heterocycles. The molecule has 0 bridgehead atoms. The van der Waals surface area contributed by atoms with Crippen LogP contribution in [0.15, 0.2) is 71.9 Å². The molecule has 0 saturated heterocycles. The average Bonchev–Trinajstić information content (AvgIpc) is 2.91. The van der Waals surface area contributed by atoms with Gasteiger partial charge >= 0.3 is 6.18 Å². The topological polar surface area (TPSA) is 50.2 Å². The van der Waals surface area contributed by atoms with E-state index in [-0.39, 0.29) is 12.0 Å². The van der Waals surface area contributed by atoms with Gasteiger partial charge in [-0.2, -0.15) is 13.2 Å². The van der Waals surface area contributed by atoms with Gasteiger partial charge in [0.1, 0.15) is 0 Å². The standard InChI is InChI=1S/C31H37F3N4/c1-6-12-24(13-7-2)22(4)36-29(26-16-11-17-27(20-26)31(32,33)34)21(3)28-18-19-35-30(38-28)37-23(5)25-14-9-8-10-15-25/h8-11,14-20,23-24H,6-7,12-13H2,1-5H3,(H,35,37,38)/b29-21+,36-22?. The number of nitrogens with one attached hydrogen (secondary N) is 1. The highest BCUT2D eigenvalue weighted by atomic mass is 19.4. The lowest BCUT2D eigenvalue weighted by Crippen LogP contribution is -2.12. The third-order valence-electron chi connectivity index (χ3n) is 6.66. The summed E-state index contributed by atoms with van der Waals surface area (Å²) in [6.45, 7) is 10.1. The van der Waals surface area contributed by atoms with Gasteiger partial charge in [-0.3, -0.25) is 4.99 Å². The Kier molecular flexibility index (Phi) is 10.2. The molecule has 0 amide bonds. The molecule has 0 fully saturated rings. The fourth-order valence-electron chi connectivity index (χ4n) is 4.51. The second kappa shape index (κ2) is 13.4. The molecule has 38 heavy (non-hydrogen) atoms. The van der Waals surface area contributed by atoms with Gasteiger partial charge in [0, 0.05) is 23.0 Å². The summed E-state index contributed by atoms with van der Waals surface area (Å²) >= 11 is 0. The molecular formula is C31H37F3N4. The van der Waals surface area contributed by atoms with Crippen LogP contribution in [0.25, 0.3) is 11.3 Å². The molecular weight excluding hydrogens is 485 g/mol. The van der Waals surface area contributed by atoms with E-state index in [2.05, 4.69) is 24.1 Å². The SMILES string of the molecule is CCCC(CCC)C(C)=N/C(=C(\C)c1ccnc(NC(C)c2ccccc2)n1)c1cccc(C(F)(F)F)c1. The van der Waals surface area contributed by atoms with Crippen LogP contribution in [-0.4, -0.2) is 15.7 Å². The van der Waals surface area contributed by atoms with Gasteiger partial charge in [-0.15, -0.1) is 0 Å². The molecule has 1 N–H and O–H groups in total. The van der Waals surface area contributed by atoms with Crippen LogP contribution in [0.1, 0.15) is 88.7 Å². The number of hydrogen-bond donors (Lipinski definition) is 1. The molecule has 0 spiro atoms. The Hall–Kier alpha value is -3.48. The second-order valence-corrected chi connectivity index (χ2v) is 9.62. The van der Waals surface area contributed by atoms with Gasteiger partial charge < -0.3 is 5.32 Å². The van der Waals surface area contributed by atoms with Crippen molar-refractivity contribution in [2.75, 3.05) is 5.32 Å². The first-order valence-corrected chi connectivity index (χ1v) is 13.2. The van der Waals surface area contributed by atoms with E-state index in [1.807, 2.05) is 51.1 Å². The quantitative estimate of drug-likeness (QED) is 0.255. The molecule has 202 valence electrons. The van der Waals surface area contributed by atoms with Crippen LogP contribution < -0.4 is 5.32 Å². The molecule has 1 unspecified atom stereocenters. The lowest BCUT2D eigenvalue weighted by Gasteiger charge is -2.18. The van der Waals surface area contributed by atoms with E-state index in [1.54, 1.807) is 18.3 Å². The van der Waals surface area contributed by atoms with E-state index in [0.717, 1.165) is 43.0 Å². The predicted octanol–water partition coefficient (Wildman–Crippen LogP) is 9.23. The highest BCUT2D eigenvalue weighted by molar-refractivity contribution is 5.96. The van der Waals surface area contributed by atoms with Gasteiger partial charge in [0.25, 0.3) is 0 Å². The number of anilines is 1. The maximum atomic E-state index is 13.6. The van der Waals surface area contributed by atoms with Gasteiger partial charge in [-0.1, -0.05) is 69.2 Å². The van der Waals surface area contributed by atoms with Crippen LogP contribution in [0.2, 0.25) is 0 Å². The summed E-state index contributed by atoms with van der Waals surface area (Å²) in [5.41, 5.74) is 3.51. The van der Waals surface area contributed by atoms with Gasteiger partial charge in [-0.25, -0.2) is 9.97 Å². The van der Waals surface area contributed by atoms with Crippen molar-refractivity contribution in [2.45, 2.75) is 72.5 Å². The van der Waals surface area contributed by atoms with E-state index in [1.165, 1.54) is 12.1 Å². The van der Waals surface area contributed by atoms with E-state index >= 15 is 0 Å². The molecule has 0 aliphatic rings. The van der Waals surface area contributed by atoms with Gasteiger partial charge in [0.15, 0.2) is 0 Å². The Bertz CT molecular complexity index is 1240. The number of alkyl halides is 3. The molecule has 7 heteroatoms. The number of aliphatic imine (C=N–C) groups is 1. The van der Waals surface area contributed by atoms with Crippen molar-refractivity contribution in [1.29, 1.82) is 0 Å². The second-order valence-electron chi connectivity index (χ2n) is 9.62. The van der Waals surface area contributed by atoms with E-state index in [9.17, 15) is 13.2 Å². The van der Waals surface area contributed by atoms with Gasteiger partial charge in [-0.05, 0) is 63.3 Å². The first-order valence-electron chi connectivity index (χ1n) is 13.2. The van der Waals surface area contributed by atoms with Crippen molar-refractivity contribution < 1.29 is 13.2 Å². The zero-order chi connectivity index (χ0) is 27.7. The minimum Gasteiger partial charge on any atom is -0.348 e. The summed E-state index contributed by atoms with van der Waals surface area (Å²) in [5, 5.41) is 3.32. The monoisotopic (exact) mass is 522 g/mol. The zero-order valence-electron chi connectivity index (χ0n) is 22.8. The van der Waals surface area contributed by atoms with Crippen molar-refractivity contribution in [3.8, 4) is 0 Å². The molecule has 0 aliphatic heterocycles. The largest absolute Gasteiger partial charge is 0.416 e. The number of halogens is 3. The molecule has 2 aromatic carbocycles. The van der Waals surface area contributed by atoms with Crippen molar-refractivity contribution in [3.63, 3.8) is 0 Å². The molecule has 1 atom stereocenters. The van der Waals surface area contributed by atoms with Crippen molar-refractivity contribution in [1.82, 2.24) is 9.97 Å². The van der Waals surface area contributed by atoms with Gasteiger partial charge in [0.2, 0.25) is 5.95 Å². The summed E-state index contributed by atoms with van der Waals surface area (Å²) in [5.74, 6) is 0.713. The fraction of sp³-hybridized carbons (Fsp3) is 0.387. The van der Waals surface area contributed by atoms with Crippen LogP contribution in [-0.2, 0) is 6.18 Å². The maximum absolute atomic E-state index is 13.6. The molecule has 3 aromatic rings. The Balaban J connectivity index is 2.09. The van der Waals surface area contributed by atoms with Crippen LogP contribution >= 0.6 is 0 Å². The average molecular weight is 523 g/mol. The molecule has 1 aromatic heterocycles. The van der Waals surface area contributed by atoms with Crippen LogP contribution in [0, 0.1) is 5.92 Å². The van der Waals surface area contributed by atoms with Crippen LogP contribution in [0.4, 0.5) is 19.1 Å². The van der Waals surface area contributed by atoms with Crippen molar-refractivity contribution in [3.05, 3.63) is 89.2 Å². The minimum atomic E-state index is -4.44. The lowest BCUT2D eigenvalue weighted by atomic mass is 9.93. The van der Waals surface area contributed by atoms with Gasteiger partial charge in [0.05, 0.1) is 23.0 Å². The Labute approximate surface area is 224 Å². The smallest absolute Gasteiger partial charge is 0.348 e. The number of rotatable bonds is 11. The van der Waals surface area contributed by atoms with Crippen molar-refractivity contribution in [2.24, 2.45) is 10.9 Å². The lowest BCUT2D eigenvalue weighted by molar-refractivity contribution is -0.137. The fourth-order valence-corrected chi connectivity index (χ4v) is 4.51. The highest BCUT2D eigenvalue weighted by Gasteiger charge is 2.31.